The number of rotatable bonds is 6. The molecule has 0 aliphatic rings. The van der Waals surface area contributed by atoms with Crippen molar-refractivity contribution in [2.45, 2.75) is 46.0 Å². The van der Waals surface area contributed by atoms with Crippen LogP contribution in [0, 0.1) is 0 Å². The highest BCUT2D eigenvalue weighted by molar-refractivity contribution is 6.24. The van der Waals surface area contributed by atoms with Gasteiger partial charge in [0.2, 0.25) is 0 Å². The summed E-state index contributed by atoms with van der Waals surface area (Å²) < 4.78 is 0. The smallest absolute Gasteiger partial charge is 0.195 e. The number of Topliss-reactive ketones (excluding diaryl/α,β-unsaturated/α-hetero) is 1. The van der Waals surface area contributed by atoms with Crippen LogP contribution in [0.3, 0.4) is 0 Å². The average molecular weight is 250 g/mol. The van der Waals surface area contributed by atoms with Gasteiger partial charge in [-0.3, -0.25) is 9.59 Å². The van der Waals surface area contributed by atoms with Crippen LogP contribution in [0.4, 0.5) is 0 Å². The summed E-state index contributed by atoms with van der Waals surface area (Å²) in [7, 11) is 0. The van der Waals surface area contributed by atoms with Gasteiger partial charge in [0.1, 0.15) is 5.75 Å². The number of hydrogen-bond acceptors (Lipinski definition) is 3. The normalized spacial score (nSPS) is 9.22. The van der Waals surface area contributed by atoms with Gasteiger partial charge in [-0.1, -0.05) is 32.4 Å². The van der Waals surface area contributed by atoms with E-state index in [4.69, 9.17) is 5.11 Å². The number of aromatic hydroxyl groups is 1. The summed E-state index contributed by atoms with van der Waals surface area (Å²) in [6.45, 7) is 4.04. The Hall–Kier alpha value is -1.64. The van der Waals surface area contributed by atoms with Crippen LogP contribution in [-0.2, 0) is 16.0 Å². The second-order valence-corrected chi connectivity index (χ2v) is 4.10. The topological polar surface area (TPSA) is 54.4 Å². The number of carbonyl (C=O) groups is 2. The highest BCUT2D eigenvalue weighted by atomic mass is 16.3. The largest absolute Gasteiger partial charge is 0.508 e. The van der Waals surface area contributed by atoms with Gasteiger partial charge in [0.15, 0.2) is 12.1 Å². The fourth-order valence-electron chi connectivity index (χ4n) is 1.35. The molecule has 0 fully saturated rings. The van der Waals surface area contributed by atoms with Crippen molar-refractivity contribution in [2.75, 3.05) is 0 Å². The van der Waals surface area contributed by atoms with Crippen molar-refractivity contribution in [2.24, 2.45) is 0 Å². The summed E-state index contributed by atoms with van der Waals surface area (Å²) in [5.74, 6) is 0.0488. The molecular weight excluding hydrogens is 228 g/mol. The van der Waals surface area contributed by atoms with Crippen molar-refractivity contribution in [1.29, 1.82) is 0 Å². The first-order chi connectivity index (χ1) is 8.63. The molecule has 0 saturated carbocycles. The SMILES string of the molecule is CCCC(=O)C=O.CCCCc1ccc(O)cc1. The molecule has 0 aliphatic heterocycles. The maximum Gasteiger partial charge on any atom is 0.195 e. The minimum Gasteiger partial charge on any atom is -0.508 e. The summed E-state index contributed by atoms with van der Waals surface area (Å²) in [6.07, 6.45) is 5.09. The second kappa shape index (κ2) is 10.5. The minimum atomic E-state index is -0.303. The summed E-state index contributed by atoms with van der Waals surface area (Å²) in [5, 5.41) is 8.98. The number of unbranched alkanes of at least 4 members (excludes halogenated alkanes) is 1. The third-order valence-electron chi connectivity index (χ3n) is 2.38. The Morgan fingerprint density at radius 2 is 1.78 bits per heavy atom. The standard InChI is InChI=1S/C10H14O.C5H8O2/c1-2-3-4-9-5-7-10(11)8-6-9;1-2-3-5(7)4-6/h5-8,11H,2-4H2,1H3;4H,2-3H2,1H3. The van der Waals surface area contributed by atoms with E-state index in [1.165, 1.54) is 18.4 Å². The van der Waals surface area contributed by atoms with Crippen molar-refractivity contribution in [3.8, 4) is 5.75 Å². The van der Waals surface area contributed by atoms with Crippen LogP contribution in [0.15, 0.2) is 24.3 Å². The Morgan fingerprint density at radius 1 is 1.17 bits per heavy atom. The van der Waals surface area contributed by atoms with Gasteiger partial charge < -0.3 is 5.11 Å². The van der Waals surface area contributed by atoms with Gasteiger partial charge >= 0.3 is 0 Å². The number of phenols is 1. The fourth-order valence-corrected chi connectivity index (χ4v) is 1.35. The number of aldehydes is 1. The van der Waals surface area contributed by atoms with E-state index in [2.05, 4.69) is 6.92 Å². The predicted molar refractivity (Wildman–Crippen MR) is 72.7 cm³/mol. The number of benzene rings is 1. The van der Waals surface area contributed by atoms with E-state index < -0.39 is 0 Å². The van der Waals surface area contributed by atoms with E-state index >= 15 is 0 Å². The van der Waals surface area contributed by atoms with Crippen LogP contribution in [0.1, 0.15) is 45.1 Å². The van der Waals surface area contributed by atoms with E-state index in [0.29, 0.717) is 18.5 Å². The van der Waals surface area contributed by atoms with Gasteiger partial charge in [0.25, 0.3) is 0 Å². The van der Waals surface area contributed by atoms with E-state index in [1.54, 1.807) is 12.1 Å². The maximum absolute atomic E-state index is 10.0. The predicted octanol–water partition coefficient (Wildman–Crippen LogP) is 3.29. The second-order valence-electron chi connectivity index (χ2n) is 4.10. The van der Waals surface area contributed by atoms with Gasteiger partial charge in [0.05, 0.1) is 0 Å². The Kier molecular flexibility index (Phi) is 9.55. The zero-order valence-electron chi connectivity index (χ0n) is 11.2. The fraction of sp³-hybridized carbons (Fsp3) is 0.467. The van der Waals surface area contributed by atoms with Crippen molar-refractivity contribution in [1.82, 2.24) is 0 Å². The van der Waals surface area contributed by atoms with Crippen molar-refractivity contribution in [3.05, 3.63) is 29.8 Å². The van der Waals surface area contributed by atoms with E-state index in [9.17, 15) is 9.59 Å². The monoisotopic (exact) mass is 250 g/mol. The Morgan fingerprint density at radius 3 is 2.17 bits per heavy atom. The third kappa shape index (κ3) is 8.50. The van der Waals surface area contributed by atoms with Gasteiger partial charge in [-0.2, -0.15) is 0 Å². The molecule has 1 N–H and O–H groups in total. The van der Waals surface area contributed by atoms with E-state index in [1.807, 2.05) is 19.1 Å². The van der Waals surface area contributed by atoms with E-state index in [-0.39, 0.29) is 5.78 Å². The van der Waals surface area contributed by atoms with Crippen LogP contribution in [0.2, 0.25) is 0 Å². The summed E-state index contributed by atoms with van der Waals surface area (Å²) >= 11 is 0. The number of phenolic OH excluding ortho intramolecular Hbond substituents is 1. The molecule has 1 aromatic carbocycles. The lowest BCUT2D eigenvalue weighted by Crippen LogP contribution is -1.95. The first-order valence-corrected chi connectivity index (χ1v) is 6.39. The molecule has 0 heterocycles. The van der Waals surface area contributed by atoms with Crippen LogP contribution in [-0.4, -0.2) is 17.2 Å². The lowest BCUT2D eigenvalue weighted by Gasteiger charge is -1.98. The zero-order chi connectivity index (χ0) is 13.8. The Bertz CT molecular complexity index is 341. The van der Waals surface area contributed by atoms with Crippen molar-refractivity contribution < 1.29 is 14.7 Å². The summed E-state index contributed by atoms with van der Waals surface area (Å²) in [6, 6.07) is 7.44. The molecule has 0 spiro atoms. The van der Waals surface area contributed by atoms with Gasteiger partial charge in [0, 0.05) is 6.42 Å². The van der Waals surface area contributed by atoms with Gasteiger partial charge in [-0.15, -0.1) is 0 Å². The molecule has 100 valence electrons. The average Bonchev–Trinajstić information content (AvgIpc) is 2.39. The number of carbonyl (C=O) groups excluding carboxylic acids is 2. The van der Waals surface area contributed by atoms with Crippen LogP contribution in [0.5, 0.6) is 5.75 Å². The molecule has 0 atom stereocenters. The highest BCUT2D eigenvalue weighted by Crippen LogP contribution is 2.11. The first-order valence-electron chi connectivity index (χ1n) is 6.39. The molecule has 3 heteroatoms. The van der Waals surface area contributed by atoms with Crippen LogP contribution < -0.4 is 0 Å². The number of aryl methyl sites for hydroxylation is 1. The van der Waals surface area contributed by atoms with E-state index in [0.717, 1.165) is 12.8 Å². The van der Waals surface area contributed by atoms with Crippen molar-refractivity contribution >= 4 is 12.1 Å². The minimum absolute atomic E-state index is 0.303. The van der Waals surface area contributed by atoms with Gasteiger partial charge in [-0.05, 0) is 37.0 Å². The molecule has 1 aromatic rings. The molecular formula is C15H22O3. The molecule has 0 aromatic heterocycles. The van der Waals surface area contributed by atoms with Crippen LogP contribution in [0.25, 0.3) is 0 Å². The van der Waals surface area contributed by atoms with Crippen LogP contribution >= 0.6 is 0 Å². The summed E-state index contributed by atoms with van der Waals surface area (Å²) in [5.41, 5.74) is 1.31. The molecule has 0 aliphatic carbocycles. The molecule has 0 saturated heterocycles. The van der Waals surface area contributed by atoms with Crippen molar-refractivity contribution in [3.63, 3.8) is 0 Å². The quantitative estimate of drug-likeness (QED) is 0.622. The first kappa shape index (κ1) is 16.4. The molecule has 3 nitrogen and oxygen atoms in total. The number of hydrogen-bond donors (Lipinski definition) is 1. The number of ketones is 1. The van der Waals surface area contributed by atoms with Gasteiger partial charge in [-0.25, -0.2) is 0 Å². The highest BCUT2D eigenvalue weighted by Gasteiger charge is 1.92. The molecule has 18 heavy (non-hydrogen) atoms. The molecule has 0 unspecified atom stereocenters. The Labute approximate surface area is 109 Å². The summed E-state index contributed by atoms with van der Waals surface area (Å²) in [4.78, 5) is 19.6. The molecule has 0 bridgehead atoms. The maximum atomic E-state index is 10.0. The zero-order valence-corrected chi connectivity index (χ0v) is 11.2. The molecule has 1 rings (SSSR count). The molecule has 0 amide bonds. The lowest BCUT2D eigenvalue weighted by molar-refractivity contribution is -0.129. The third-order valence-corrected chi connectivity index (χ3v) is 2.38. The Balaban J connectivity index is 0.000000360. The lowest BCUT2D eigenvalue weighted by atomic mass is 10.1. The molecule has 0 radical (unpaired) electrons.